The van der Waals surface area contributed by atoms with Gasteiger partial charge in [-0.2, -0.15) is 5.26 Å². The Morgan fingerprint density at radius 1 is 0.912 bits per heavy atom. The highest BCUT2D eigenvalue weighted by atomic mass is 16.5. The third-order valence-corrected chi connectivity index (χ3v) is 5.90. The standard InChI is InChI=1S/C25H26N6O3/c26-17-20-15-18(1-2-22(20)34-21-6-11-32-12-7-21)19-5-8-27-24(16-19)28-23-3-4-25(30-29-23)31-9-13-33-14-10-31/h1-5,8,15-16,21H,6-7,9-14H2,(H,27,28,29). The first-order chi connectivity index (χ1) is 16.8. The molecule has 5 rings (SSSR count). The second-order valence-electron chi connectivity index (χ2n) is 8.18. The number of nitriles is 1. The highest BCUT2D eigenvalue weighted by molar-refractivity contribution is 5.70. The first kappa shape index (κ1) is 22.1. The summed E-state index contributed by atoms with van der Waals surface area (Å²) in [5.74, 6) is 2.70. The Labute approximate surface area is 198 Å². The van der Waals surface area contributed by atoms with Crippen molar-refractivity contribution in [3.05, 3.63) is 54.2 Å². The third-order valence-electron chi connectivity index (χ3n) is 5.90. The molecule has 0 bridgehead atoms. The molecule has 3 aromatic rings. The van der Waals surface area contributed by atoms with Crippen molar-refractivity contribution in [2.45, 2.75) is 18.9 Å². The number of rotatable bonds is 6. The van der Waals surface area contributed by atoms with Crippen molar-refractivity contribution in [2.75, 3.05) is 49.7 Å². The molecule has 0 radical (unpaired) electrons. The molecule has 4 heterocycles. The lowest BCUT2D eigenvalue weighted by Crippen LogP contribution is -2.36. The Morgan fingerprint density at radius 2 is 1.71 bits per heavy atom. The highest BCUT2D eigenvalue weighted by Gasteiger charge is 2.17. The maximum absolute atomic E-state index is 9.68. The van der Waals surface area contributed by atoms with E-state index in [1.54, 1.807) is 6.20 Å². The normalized spacial score (nSPS) is 16.6. The Bertz CT molecular complexity index is 1150. The predicted molar refractivity (Wildman–Crippen MR) is 127 cm³/mol. The van der Waals surface area contributed by atoms with Gasteiger partial charge in [0, 0.05) is 32.1 Å². The zero-order valence-electron chi connectivity index (χ0n) is 18.8. The molecule has 0 atom stereocenters. The smallest absolute Gasteiger partial charge is 0.154 e. The fourth-order valence-corrected chi connectivity index (χ4v) is 4.04. The Balaban J connectivity index is 1.29. The summed E-state index contributed by atoms with van der Waals surface area (Å²) in [6, 6.07) is 15.6. The summed E-state index contributed by atoms with van der Waals surface area (Å²) >= 11 is 0. The van der Waals surface area contributed by atoms with Crippen LogP contribution in [0.1, 0.15) is 18.4 Å². The number of aromatic nitrogens is 3. The summed E-state index contributed by atoms with van der Waals surface area (Å²) in [7, 11) is 0. The zero-order valence-corrected chi connectivity index (χ0v) is 18.8. The van der Waals surface area contributed by atoms with Gasteiger partial charge >= 0.3 is 0 Å². The SMILES string of the molecule is N#Cc1cc(-c2ccnc(Nc3ccc(N4CCOCC4)nn3)c2)ccc1OC1CCOCC1. The number of nitrogens with one attached hydrogen (secondary N) is 1. The van der Waals surface area contributed by atoms with Crippen molar-refractivity contribution in [1.82, 2.24) is 15.2 Å². The molecule has 0 aliphatic carbocycles. The Hall–Kier alpha value is -3.74. The van der Waals surface area contributed by atoms with Crippen LogP contribution in [-0.2, 0) is 9.47 Å². The summed E-state index contributed by atoms with van der Waals surface area (Å²) in [6.45, 7) is 4.42. The molecule has 9 heteroatoms. The van der Waals surface area contributed by atoms with Gasteiger partial charge < -0.3 is 24.4 Å². The van der Waals surface area contributed by atoms with Crippen LogP contribution in [0.4, 0.5) is 17.5 Å². The van der Waals surface area contributed by atoms with Crippen molar-refractivity contribution in [3.8, 4) is 22.9 Å². The van der Waals surface area contributed by atoms with Gasteiger partial charge in [0.2, 0.25) is 0 Å². The van der Waals surface area contributed by atoms with Crippen LogP contribution in [-0.4, -0.2) is 60.8 Å². The van der Waals surface area contributed by atoms with E-state index in [9.17, 15) is 5.26 Å². The molecule has 2 aliphatic heterocycles. The molecule has 9 nitrogen and oxygen atoms in total. The number of ether oxygens (including phenoxy) is 3. The van der Waals surface area contributed by atoms with E-state index in [2.05, 4.69) is 31.5 Å². The van der Waals surface area contributed by atoms with Crippen LogP contribution < -0.4 is 15.0 Å². The monoisotopic (exact) mass is 458 g/mol. The number of pyridine rings is 1. The number of hydrogen-bond acceptors (Lipinski definition) is 9. The van der Waals surface area contributed by atoms with Gasteiger partial charge in [0.1, 0.15) is 23.7 Å². The first-order valence-corrected chi connectivity index (χ1v) is 11.5. The summed E-state index contributed by atoms with van der Waals surface area (Å²) in [5, 5.41) is 21.5. The second kappa shape index (κ2) is 10.5. The van der Waals surface area contributed by atoms with E-state index in [1.807, 2.05) is 42.5 Å². The number of nitrogens with zero attached hydrogens (tertiary/aromatic N) is 5. The van der Waals surface area contributed by atoms with Crippen LogP contribution in [0.3, 0.4) is 0 Å². The molecule has 1 N–H and O–H groups in total. The molecule has 34 heavy (non-hydrogen) atoms. The van der Waals surface area contributed by atoms with Gasteiger partial charge in [0.25, 0.3) is 0 Å². The fourth-order valence-electron chi connectivity index (χ4n) is 4.04. The molecule has 2 saturated heterocycles. The van der Waals surface area contributed by atoms with Gasteiger partial charge in [-0.1, -0.05) is 6.07 Å². The predicted octanol–water partition coefficient (Wildman–Crippen LogP) is 3.55. The average molecular weight is 459 g/mol. The lowest BCUT2D eigenvalue weighted by Gasteiger charge is -2.27. The topological polar surface area (TPSA) is 105 Å². The molecule has 174 valence electrons. The fraction of sp³-hybridized carbons (Fsp3) is 0.360. The maximum Gasteiger partial charge on any atom is 0.154 e. The van der Waals surface area contributed by atoms with E-state index >= 15 is 0 Å². The van der Waals surface area contributed by atoms with Crippen molar-refractivity contribution in [3.63, 3.8) is 0 Å². The van der Waals surface area contributed by atoms with Crippen molar-refractivity contribution in [1.29, 1.82) is 5.26 Å². The van der Waals surface area contributed by atoms with Crippen LogP contribution in [0.15, 0.2) is 48.7 Å². The molecule has 0 amide bonds. The second-order valence-corrected chi connectivity index (χ2v) is 8.18. The van der Waals surface area contributed by atoms with Crippen LogP contribution in [0.2, 0.25) is 0 Å². The molecule has 2 fully saturated rings. The number of morpholine rings is 1. The van der Waals surface area contributed by atoms with Crippen LogP contribution in [0, 0.1) is 11.3 Å². The van der Waals surface area contributed by atoms with Crippen LogP contribution in [0.5, 0.6) is 5.75 Å². The van der Waals surface area contributed by atoms with Gasteiger partial charge in [0.05, 0.1) is 32.0 Å². The largest absolute Gasteiger partial charge is 0.489 e. The summed E-state index contributed by atoms with van der Waals surface area (Å²) in [6.07, 6.45) is 3.48. The number of hydrogen-bond donors (Lipinski definition) is 1. The van der Waals surface area contributed by atoms with Crippen molar-refractivity contribution < 1.29 is 14.2 Å². The lowest BCUT2D eigenvalue weighted by atomic mass is 10.0. The Kier molecular flexibility index (Phi) is 6.79. The minimum atomic E-state index is 0.0826. The number of anilines is 3. The lowest BCUT2D eigenvalue weighted by molar-refractivity contribution is 0.0254. The molecule has 2 aliphatic rings. The van der Waals surface area contributed by atoms with Crippen LogP contribution in [0.25, 0.3) is 11.1 Å². The summed E-state index contributed by atoms with van der Waals surface area (Å²) in [5.41, 5.74) is 2.36. The van der Waals surface area contributed by atoms with Crippen molar-refractivity contribution >= 4 is 17.5 Å². The quantitative estimate of drug-likeness (QED) is 0.593. The zero-order chi connectivity index (χ0) is 23.2. The van der Waals surface area contributed by atoms with E-state index in [-0.39, 0.29) is 6.10 Å². The van der Waals surface area contributed by atoms with Gasteiger partial charge in [-0.15, -0.1) is 10.2 Å². The molecule has 1 aromatic carbocycles. The minimum absolute atomic E-state index is 0.0826. The molecule has 2 aromatic heterocycles. The van der Waals surface area contributed by atoms with E-state index in [1.165, 1.54) is 0 Å². The summed E-state index contributed by atoms with van der Waals surface area (Å²) in [4.78, 5) is 6.56. The van der Waals surface area contributed by atoms with E-state index in [0.29, 0.717) is 49.4 Å². The molecule has 0 unspecified atom stereocenters. The van der Waals surface area contributed by atoms with E-state index in [0.717, 1.165) is 42.9 Å². The highest BCUT2D eigenvalue weighted by Crippen LogP contribution is 2.29. The van der Waals surface area contributed by atoms with Gasteiger partial charge in [0.15, 0.2) is 11.6 Å². The molecule has 0 spiro atoms. The van der Waals surface area contributed by atoms with Crippen LogP contribution >= 0.6 is 0 Å². The molecular formula is C25H26N6O3. The van der Waals surface area contributed by atoms with Gasteiger partial charge in [-0.3, -0.25) is 0 Å². The number of benzene rings is 1. The van der Waals surface area contributed by atoms with E-state index in [4.69, 9.17) is 14.2 Å². The van der Waals surface area contributed by atoms with E-state index < -0.39 is 0 Å². The minimum Gasteiger partial charge on any atom is -0.489 e. The Morgan fingerprint density at radius 3 is 2.47 bits per heavy atom. The first-order valence-electron chi connectivity index (χ1n) is 11.5. The third kappa shape index (κ3) is 5.25. The maximum atomic E-state index is 9.68. The van der Waals surface area contributed by atoms with Crippen molar-refractivity contribution in [2.24, 2.45) is 0 Å². The molecule has 0 saturated carbocycles. The van der Waals surface area contributed by atoms with Gasteiger partial charge in [-0.05, 0) is 47.5 Å². The van der Waals surface area contributed by atoms with Gasteiger partial charge in [-0.25, -0.2) is 4.98 Å². The average Bonchev–Trinajstić information content (AvgIpc) is 2.91. The summed E-state index contributed by atoms with van der Waals surface area (Å²) < 4.78 is 16.8. The molecular weight excluding hydrogens is 432 g/mol.